The molecule has 0 aliphatic heterocycles. The molecule has 0 bridgehead atoms. The molecular weight excluding hydrogens is 334 g/mol. The highest BCUT2D eigenvalue weighted by molar-refractivity contribution is 7.17. The summed E-state index contributed by atoms with van der Waals surface area (Å²) < 4.78 is 10.3. The fourth-order valence-electron chi connectivity index (χ4n) is 3.25. The molecule has 1 aromatic carbocycles. The molecule has 3 rings (SSSR count). The maximum Gasteiger partial charge on any atom is 0.264 e. The molecule has 0 fully saturated rings. The van der Waals surface area contributed by atoms with Gasteiger partial charge in [0.2, 0.25) is 0 Å². The van der Waals surface area contributed by atoms with Crippen LogP contribution in [0.2, 0.25) is 0 Å². The van der Waals surface area contributed by atoms with Crippen molar-refractivity contribution in [2.45, 2.75) is 19.3 Å². The minimum atomic E-state index is 0.102. The smallest absolute Gasteiger partial charge is 0.264 e. The van der Waals surface area contributed by atoms with Gasteiger partial charge in [-0.3, -0.25) is 4.79 Å². The lowest BCUT2D eigenvalue weighted by Gasteiger charge is -2.21. The zero-order valence-corrected chi connectivity index (χ0v) is 15.7. The second-order valence-corrected chi connectivity index (χ2v) is 7.31. The van der Waals surface area contributed by atoms with Crippen LogP contribution in [0, 0.1) is 0 Å². The molecule has 0 unspecified atom stereocenters. The number of hydrogen-bond donors (Lipinski definition) is 0. The molecule has 0 saturated carbocycles. The van der Waals surface area contributed by atoms with Crippen LogP contribution in [-0.2, 0) is 22.3 Å². The van der Waals surface area contributed by atoms with Gasteiger partial charge in [0.25, 0.3) is 5.91 Å². The number of methoxy groups -OCH3 is 2. The molecule has 1 heterocycles. The number of benzene rings is 1. The Morgan fingerprint density at radius 1 is 1.08 bits per heavy atom. The highest BCUT2D eigenvalue weighted by Gasteiger charge is 2.23. The third-order valence-corrected chi connectivity index (χ3v) is 5.77. The lowest BCUT2D eigenvalue weighted by atomic mass is 9.91. The van der Waals surface area contributed by atoms with Crippen molar-refractivity contribution in [2.75, 3.05) is 40.5 Å². The van der Waals surface area contributed by atoms with Crippen LogP contribution in [0.25, 0.3) is 10.4 Å². The monoisotopic (exact) mass is 359 g/mol. The summed E-state index contributed by atoms with van der Waals surface area (Å²) in [6.07, 6.45) is 2.90. The molecule has 134 valence electrons. The molecule has 1 aromatic heterocycles. The van der Waals surface area contributed by atoms with E-state index in [4.69, 9.17) is 9.47 Å². The van der Waals surface area contributed by atoms with Crippen molar-refractivity contribution in [3.05, 3.63) is 46.3 Å². The Morgan fingerprint density at radius 3 is 2.64 bits per heavy atom. The summed E-state index contributed by atoms with van der Waals surface area (Å²) in [4.78, 5) is 17.0. The van der Waals surface area contributed by atoms with Gasteiger partial charge in [-0.2, -0.15) is 0 Å². The maximum atomic E-state index is 13.0. The van der Waals surface area contributed by atoms with Gasteiger partial charge in [0.1, 0.15) is 0 Å². The highest BCUT2D eigenvalue weighted by atomic mass is 32.1. The minimum absolute atomic E-state index is 0.102. The van der Waals surface area contributed by atoms with E-state index >= 15 is 0 Å². The van der Waals surface area contributed by atoms with E-state index in [0.29, 0.717) is 26.3 Å². The SMILES string of the molecule is COCCCN(CCOC)C(=O)c1cc2c(s1)-c1ccccc1CC2. The zero-order valence-electron chi connectivity index (χ0n) is 14.9. The Kier molecular flexibility index (Phi) is 6.24. The standard InChI is InChI=1S/C20H25NO3S/c1-23-12-5-10-21(11-13-24-2)20(22)18-14-16-9-8-15-6-3-4-7-17(15)19(16)25-18/h3-4,6-7,14H,5,8-13H2,1-2H3. The average molecular weight is 359 g/mol. The van der Waals surface area contributed by atoms with Gasteiger partial charge in [-0.05, 0) is 42.0 Å². The van der Waals surface area contributed by atoms with Crippen LogP contribution in [0.15, 0.2) is 30.3 Å². The molecule has 1 amide bonds. The van der Waals surface area contributed by atoms with Gasteiger partial charge in [-0.15, -0.1) is 11.3 Å². The number of fused-ring (bicyclic) bond motifs is 3. The molecule has 0 radical (unpaired) electrons. The van der Waals surface area contributed by atoms with E-state index in [1.165, 1.54) is 21.6 Å². The predicted molar refractivity (Wildman–Crippen MR) is 101 cm³/mol. The average Bonchev–Trinajstić information content (AvgIpc) is 3.09. The number of thiophene rings is 1. The number of rotatable bonds is 8. The van der Waals surface area contributed by atoms with Gasteiger partial charge in [-0.25, -0.2) is 0 Å². The lowest BCUT2D eigenvalue weighted by molar-refractivity contribution is 0.0679. The van der Waals surface area contributed by atoms with Gasteiger partial charge in [0, 0.05) is 38.8 Å². The van der Waals surface area contributed by atoms with Crippen LogP contribution < -0.4 is 0 Å². The van der Waals surface area contributed by atoms with Crippen molar-refractivity contribution >= 4 is 17.2 Å². The van der Waals surface area contributed by atoms with E-state index < -0.39 is 0 Å². The highest BCUT2D eigenvalue weighted by Crippen LogP contribution is 2.39. The third kappa shape index (κ3) is 4.11. The van der Waals surface area contributed by atoms with Crippen molar-refractivity contribution in [1.29, 1.82) is 0 Å². The minimum Gasteiger partial charge on any atom is -0.385 e. The fourth-order valence-corrected chi connectivity index (χ4v) is 4.49. The second kappa shape index (κ2) is 8.61. The molecule has 0 spiro atoms. The predicted octanol–water partition coefficient (Wildman–Crippen LogP) is 3.64. The fraction of sp³-hybridized carbons (Fsp3) is 0.450. The number of amides is 1. The zero-order chi connectivity index (χ0) is 17.6. The van der Waals surface area contributed by atoms with Gasteiger partial charge in [0.05, 0.1) is 11.5 Å². The van der Waals surface area contributed by atoms with Crippen molar-refractivity contribution in [2.24, 2.45) is 0 Å². The van der Waals surface area contributed by atoms with E-state index in [0.717, 1.165) is 24.1 Å². The number of carbonyl (C=O) groups excluding carboxylic acids is 1. The van der Waals surface area contributed by atoms with Crippen molar-refractivity contribution in [3.8, 4) is 10.4 Å². The normalized spacial score (nSPS) is 12.6. The first kappa shape index (κ1) is 18.1. The Morgan fingerprint density at radius 2 is 1.84 bits per heavy atom. The number of carbonyl (C=O) groups is 1. The summed E-state index contributed by atoms with van der Waals surface area (Å²) in [5, 5.41) is 0. The Balaban J connectivity index is 1.81. The summed E-state index contributed by atoms with van der Waals surface area (Å²) in [5.41, 5.74) is 3.97. The molecule has 1 aliphatic carbocycles. The lowest BCUT2D eigenvalue weighted by Crippen LogP contribution is -2.34. The molecule has 0 N–H and O–H groups in total. The Labute approximate surface area is 153 Å². The van der Waals surface area contributed by atoms with E-state index in [9.17, 15) is 4.79 Å². The van der Waals surface area contributed by atoms with E-state index in [2.05, 4.69) is 30.3 Å². The summed E-state index contributed by atoms with van der Waals surface area (Å²) in [5.74, 6) is 0.102. The van der Waals surface area contributed by atoms with Crippen LogP contribution in [0.5, 0.6) is 0 Å². The van der Waals surface area contributed by atoms with Crippen LogP contribution in [0.4, 0.5) is 0 Å². The quantitative estimate of drug-likeness (QED) is 0.676. The third-order valence-electron chi connectivity index (χ3n) is 4.57. The second-order valence-electron chi connectivity index (χ2n) is 6.25. The van der Waals surface area contributed by atoms with Gasteiger partial charge < -0.3 is 14.4 Å². The molecule has 0 saturated heterocycles. The molecule has 2 aromatic rings. The molecule has 4 nitrogen and oxygen atoms in total. The van der Waals surface area contributed by atoms with Crippen molar-refractivity contribution < 1.29 is 14.3 Å². The van der Waals surface area contributed by atoms with Gasteiger partial charge >= 0.3 is 0 Å². The number of aryl methyl sites for hydroxylation is 2. The Hall–Kier alpha value is -1.69. The summed E-state index contributed by atoms with van der Waals surface area (Å²) in [6.45, 7) is 2.51. The van der Waals surface area contributed by atoms with Crippen LogP contribution in [-0.4, -0.2) is 51.3 Å². The van der Waals surface area contributed by atoms with Gasteiger partial charge in [0.15, 0.2) is 0 Å². The van der Waals surface area contributed by atoms with E-state index in [1.54, 1.807) is 25.6 Å². The number of ether oxygens (including phenoxy) is 2. The Bertz CT molecular complexity index is 725. The van der Waals surface area contributed by atoms with E-state index in [-0.39, 0.29) is 5.91 Å². The summed E-state index contributed by atoms with van der Waals surface area (Å²) >= 11 is 1.62. The molecule has 5 heteroatoms. The summed E-state index contributed by atoms with van der Waals surface area (Å²) in [7, 11) is 3.35. The first-order valence-corrected chi connectivity index (χ1v) is 9.54. The van der Waals surface area contributed by atoms with Gasteiger partial charge in [-0.1, -0.05) is 24.3 Å². The number of nitrogens with zero attached hydrogens (tertiary/aromatic N) is 1. The molecule has 25 heavy (non-hydrogen) atoms. The van der Waals surface area contributed by atoms with Crippen LogP contribution in [0.1, 0.15) is 27.2 Å². The maximum absolute atomic E-state index is 13.0. The largest absolute Gasteiger partial charge is 0.385 e. The molecule has 1 aliphatic rings. The van der Waals surface area contributed by atoms with Crippen LogP contribution >= 0.6 is 11.3 Å². The first-order valence-electron chi connectivity index (χ1n) is 8.72. The first-order chi connectivity index (χ1) is 12.2. The number of hydrogen-bond acceptors (Lipinski definition) is 4. The molecular formula is C20H25NO3S. The van der Waals surface area contributed by atoms with E-state index in [1.807, 2.05) is 4.90 Å². The van der Waals surface area contributed by atoms with Crippen LogP contribution in [0.3, 0.4) is 0 Å². The summed E-state index contributed by atoms with van der Waals surface area (Å²) in [6, 6.07) is 10.6. The molecule has 0 atom stereocenters. The van der Waals surface area contributed by atoms with Crippen molar-refractivity contribution in [3.63, 3.8) is 0 Å². The topological polar surface area (TPSA) is 38.8 Å². The van der Waals surface area contributed by atoms with Crippen molar-refractivity contribution in [1.82, 2.24) is 4.90 Å².